The van der Waals surface area contributed by atoms with Crippen LogP contribution in [0.15, 0.2) is 4.52 Å². The Bertz CT molecular complexity index is 212. The lowest BCUT2D eigenvalue weighted by atomic mass is 10.2. The van der Waals surface area contributed by atoms with Crippen LogP contribution in [0.1, 0.15) is 32.1 Å². The van der Waals surface area contributed by atoms with Crippen molar-refractivity contribution in [3.05, 3.63) is 9.72 Å². The van der Waals surface area contributed by atoms with Crippen LogP contribution >= 0.6 is 22.6 Å². The summed E-state index contributed by atoms with van der Waals surface area (Å²) in [7, 11) is 0. The predicted octanol–water partition coefficient (Wildman–Crippen LogP) is 2.41. The van der Waals surface area contributed by atoms with Crippen LogP contribution in [-0.2, 0) is 6.42 Å². The molecule has 62 valence electrons. The summed E-state index contributed by atoms with van der Waals surface area (Å²) in [5.41, 5.74) is 0. The Morgan fingerprint density at radius 2 is 2.27 bits per heavy atom. The van der Waals surface area contributed by atoms with E-state index >= 15 is 0 Å². The number of unbranched alkanes of at least 4 members (excludes halogenated alkanes) is 2. The summed E-state index contributed by atoms with van der Waals surface area (Å²) in [6, 6.07) is 0. The van der Waals surface area contributed by atoms with Gasteiger partial charge in [-0.2, -0.15) is 4.98 Å². The number of aromatic nitrogens is 2. The molecule has 0 unspecified atom stereocenters. The third-order valence-electron chi connectivity index (χ3n) is 1.44. The topological polar surface area (TPSA) is 38.9 Å². The standard InChI is InChI=1S/C7H11IN2O/c1-2-3-4-5-6-9-7(8)10-11-6/h2-5H2,1H3. The zero-order valence-corrected chi connectivity index (χ0v) is 8.67. The molecular weight excluding hydrogens is 255 g/mol. The van der Waals surface area contributed by atoms with Crippen molar-refractivity contribution in [1.82, 2.24) is 10.1 Å². The molecule has 0 saturated heterocycles. The van der Waals surface area contributed by atoms with E-state index in [0.717, 1.165) is 18.7 Å². The van der Waals surface area contributed by atoms with Crippen molar-refractivity contribution < 1.29 is 4.52 Å². The van der Waals surface area contributed by atoms with Crippen molar-refractivity contribution in [2.45, 2.75) is 32.6 Å². The summed E-state index contributed by atoms with van der Waals surface area (Å²) in [5.74, 6) is 0.767. The van der Waals surface area contributed by atoms with E-state index in [9.17, 15) is 0 Å². The first-order valence-corrected chi connectivity index (χ1v) is 4.89. The van der Waals surface area contributed by atoms with Crippen molar-refractivity contribution in [2.75, 3.05) is 0 Å². The maximum Gasteiger partial charge on any atom is 0.232 e. The molecular formula is C7H11IN2O. The van der Waals surface area contributed by atoms with Crippen LogP contribution in [0.5, 0.6) is 0 Å². The van der Waals surface area contributed by atoms with E-state index < -0.39 is 0 Å². The Balaban J connectivity index is 2.27. The average molecular weight is 266 g/mol. The normalized spacial score (nSPS) is 10.4. The van der Waals surface area contributed by atoms with E-state index in [2.05, 4.69) is 17.1 Å². The Morgan fingerprint density at radius 3 is 2.82 bits per heavy atom. The molecule has 0 aliphatic carbocycles. The van der Waals surface area contributed by atoms with Gasteiger partial charge in [0.05, 0.1) is 0 Å². The molecule has 1 aromatic rings. The quantitative estimate of drug-likeness (QED) is 0.620. The van der Waals surface area contributed by atoms with Gasteiger partial charge in [0.25, 0.3) is 0 Å². The SMILES string of the molecule is CCCCCc1nc(I)no1. The summed E-state index contributed by atoms with van der Waals surface area (Å²) in [6.07, 6.45) is 4.53. The molecule has 0 spiro atoms. The molecule has 0 aliphatic heterocycles. The molecule has 0 aliphatic rings. The van der Waals surface area contributed by atoms with E-state index in [1.165, 1.54) is 12.8 Å². The maximum atomic E-state index is 4.94. The lowest BCUT2D eigenvalue weighted by molar-refractivity contribution is 0.370. The van der Waals surface area contributed by atoms with Crippen LogP contribution in [0.3, 0.4) is 0 Å². The molecule has 11 heavy (non-hydrogen) atoms. The lowest BCUT2D eigenvalue weighted by Gasteiger charge is -1.90. The molecule has 1 heterocycles. The molecule has 1 aromatic heterocycles. The molecule has 0 amide bonds. The molecule has 0 fully saturated rings. The fourth-order valence-electron chi connectivity index (χ4n) is 0.862. The van der Waals surface area contributed by atoms with Gasteiger partial charge in [-0.05, 0) is 6.42 Å². The second kappa shape index (κ2) is 4.69. The van der Waals surface area contributed by atoms with E-state index in [0.29, 0.717) is 3.83 Å². The zero-order chi connectivity index (χ0) is 8.10. The van der Waals surface area contributed by atoms with Crippen molar-refractivity contribution in [2.24, 2.45) is 0 Å². The third kappa shape index (κ3) is 3.18. The van der Waals surface area contributed by atoms with E-state index in [-0.39, 0.29) is 0 Å². The van der Waals surface area contributed by atoms with Gasteiger partial charge in [0.15, 0.2) is 0 Å². The predicted molar refractivity (Wildman–Crippen MR) is 50.2 cm³/mol. The monoisotopic (exact) mass is 266 g/mol. The number of aryl methyl sites for hydroxylation is 1. The molecule has 0 aromatic carbocycles. The number of rotatable bonds is 4. The van der Waals surface area contributed by atoms with Gasteiger partial charge in [-0.25, -0.2) is 0 Å². The van der Waals surface area contributed by atoms with Crippen molar-refractivity contribution in [3.63, 3.8) is 0 Å². The van der Waals surface area contributed by atoms with Crippen LogP contribution in [0.2, 0.25) is 0 Å². The number of halogens is 1. The van der Waals surface area contributed by atoms with Crippen LogP contribution in [0.4, 0.5) is 0 Å². The van der Waals surface area contributed by atoms with Crippen LogP contribution in [0.25, 0.3) is 0 Å². The van der Waals surface area contributed by atoms with Gasteiger partial charge in [0, 0.05) is 29.0 Å². The van der Waals surface area contributed by atoms with Crippen molar-refractivity contribution >= 4 is 22.6 Å². The summed E-state index contributed by atoms with van der Waals surface area (Å²) in [5, 5.41) is 3.70. The van der Waals surface area contributed by atoms with Crippen LogP contribution in [-0.4, -0.2) is 10.1 Å². The van der Waals surface area contributed by atoms with E-state index in [1.807, 2.05) is 22.6 Å². The summed E-state index contributed by atoms with van der Waals surface area (Å²) >= 11 is 2.05. The van der Waals surface area contributed by atoms with E-state index in [1.54, 1.807) is 0 Å². The number of nitrogens with zero attached hydrogens (tertiary/aromatic N) is 2. The van der Waals surface area contributed by atoms with Gasteiger partial charge in [-0.3, -0.25) is 0 Å². The van der Waals surface area contributed by atoms with Crippen LogP contribution < -0.4 is 0 Å². The minimum atomic E-state index is 0.703. The zero-order valence-electron chi connectivity index (χ0n) is 6.51. The second-order valence-electron chi connectivity index (χ2n) is 2.41. The molecule has 4 heteroatoms. The number of hydrogen-bond acceptors (Lipinski definition) is 3. The Labute approximate surface area is 79.7 Å². The molecule has 0 saturated carbocycles. The first-order chi connectivity index (χ1) is 5.33. The maximum absolute atomic E-state index is 4.94. The smallest absolute Gasteiger partial charge is 0.232 e. The minimum absolute atomic E-state index is 0.703. The Morgan fingerprint density at radius 1 is 1.45 bits per heavy atom. The first-order valence-electron chi connectivity index (χ1n) is 3.81. The van der Waals surface area contributed by atoms with Crippen molar-refractivity contribution in [1.29, 1.82) is 0 Å². The summed E-state index contributed by atoms with van der Waals surface area (Å²) < 4.78 is 5.65. The summed E-state index contributed by atoms with van der Waals surface area (Å²) in [6.45, 7) is 2.18. The largest absolute Gasteiger partial charge is 0.339 e. The van der Waals surface area contributed by atoms with Gasteiger partial charge in [-0.15, -0.1) is 0 Å². The second-order valence-corrected chi connectivity index (χ2v) is 3.38. The van der Waals surface area contributed by atoms with Crippen molar-refractivity contribution in [3.8, 4) is 0 Å². The Kier molecular flexibility index (Phi) is 3.82. The Hall–Kier alpha value is -0.130. The highest BCUT2D eigenvalue weighted by Crippen LogP contribution is 2.05. The van der Waals surface area contributed by atoms with Gasteiger partial charge in [0.2, 0.25) is 9.72 Å². The molecule has 1 rings (SSSR count). The molecule has 3 nitrogen and oxygen atoms in total. The highest BCUT2D eigenvalue weighted by Gasteiger charge is 2.01. The number of hydrogen-bond donors (Lipinski definition) is 0. The molecule has 0 N–H and O–H groups in total. The van der Waals surface area contributed by atoms with Crippen LogP contribution in [0, 0.1) is 3.83 Å². The van der Waals surface area contributed by atoms with E-state index in [4.69, 9.17) is 4.52 Å². The molecule has 0 radical (unpaired) electrons. The highest BCUT2D eigenvalue weighted by molar-refractivity contribution is 14.1. The third-order valence-corrected chi connectivity index (χ3v) is 1.88. The first kappa shape index (κ1) is 8.96. The van der Waals surface area contributed by atoms with Gasteiger partial charge in [-0.1, -0.05) is 24.9 Å². The van der Waals surface area contributed by atoms with Gasteiger partial charge >= 0.3 is 0 Å². The van der Waals surface area contributed by atoms with Gasteiger partial charge < -0.3 is 4.52 Å². The minimum Gasteiger partial charge on any atom is -0.339 e. The average Bonchev–Trinajstić information content (AvgIpc) is 2.37. The highest BCUT2D eigenvalue weighted by atomic mass is 127. The fourth-order valence-corrected chi connectivity index (χ4v) is 1.23. The fraction of sp³-hybridized carbons (Fsp3) is 0.714. The van der Waals surface area contributed by atoms with Gasteiger partial charge in [0.1, 0.15) is 0 Å². The molecule has 0 bridgehead atoms. The summed E-state index contributed by atoms with van der Waals surface area (Å²) in [4.78, 5) is 4.09. The lowest BCUT2D eigenvalue weighted by Crippen LogP contribution is -1.84. The molecule has 0 atom stereocenters.